The third kappa shape index (κ3) is 4.91. The van der Waals surface area contributed by atoms with E-state index in [9.17, 15) is 14.4 Å². The summed E-state index contributed by atoms with van der Waals surface area (Å²) in [6.45, 7) is 8.17. The van der Waals surface area contributed by atoms with Gasteiger partial charge in [0.15, 0.2) is 0 Å². The Labute approximate surface area is 166 Å². The van der Waals surface area contributed by atoms with Crippen molar-refractivity contribution < 1.29 is 19.1 Å². The Hall–Kier alpha value is -2.83. The number of hydrogen-bond acceptors (Lipinski definition) is 4. The maximum absolute atomic E-state index is 12.7. The van der Waals surface area contributed by atoms with Crippen LogP contribution in [0.25, 0.3) is 0 Å². The molecule has 0 aromatic heterocycles. The molecule has 0 aliphatic carbocycles. The molecule has 1 aromatic carbocycles. The Morgan fingerprint density at radius 2 is 1.86 bits per heavy atom. The van der Waals surface area contributed by atoms with Crippen LogP contribution in [-0.4, -0.2) is 36.0 Å². The van der Waals surface area contributed by atoms with Gasteiger partial charge >= 0.3 is 12.0 Å². The zero-order valence-electron chi connectivity index (χ0n) is 17.0. The average molecular weight is 387 g/mol. The van der Waals surface area contributed by atoms with Crippen molar-refractivity contribution in [3.63, 3.8) is 0 Å². The van der Waals surface area contributed by atoms with E-state index in [0.29, 0.717) is 29.9 Å². The molecule has 0 bridgehead atoms. The molecule has 28 heavy (non-hydrogen) atoms. The van der Waals surface area contributed by atoms with Crippen molar-refractivity contribution in [1.29, 1.82) is 0 Å². The van der Waals surface area contributed by atoms with Crippen LogP contribution in [0.4, 0.5) is 10.5 Å². The lowest BCUT2D eigenvalue weighted by Gasteiger charge is -2.35. The number of nitrogens with one attached hydrogen (secondary N) is 2. The fourth-order valence-electron chi connectivity index (χ4n) is 3.10. The van der Waals surface area contributed by atoms with Crippen LogP contribution in [0.3, 0.4) is 0 Å². The summed E-state index contributed by atoms with van der Waals surface area (Å²) in [6.07, 6.45) is 2.18. The van der Waals surface area contributed by atoms with Gasteiger partial charge in [-0.2, -0.15) is 0 Å². The normalized spacial score (nSPS) is 16.6. The fourth-order valence-corrected chi connectivity index (χ4v) is 3.10. The second kappa shape index (κ2) is 9.92. The van der Waals surface area contributed by atoms with Crippen LogP contribution in [0.1, 0.15) is 58.6 Å². The predicted octanol–water partition coefficient (Wildman–Crippen LogP) is 3.74. The number of rotatable bonds is 8. The number of amides is 3. The zero-order chi connectivity index (χ0) is 20.7. The molecule has 1 atom stereocenters. The van der Waals surface area contributed by atoms with Crippen molar-refractivity contribution in [2.24, 2.45) is 0 Å². The number of carbonyl (C=O) groups is 3. The molecule has 1 heterocycles. The third-order valence-electron chi connectivity index (χ3n) is 4.68. The first-order valence-corrected chi connectivity index (χ1v) is 9.78. The predicted molar refractivity (Wildman–Crippen MR) is 108 cm³/mol. The molecule has 2 N–H and O–H groups in total. The molecule has 3 amide bonds. The van der Waals surface area contributed by atoms with Gasteiger partial charge in [-0.05, 0) is 38.0 Å². The van der Waals surface area contributed by atoms with Crippen LogP contribution >= 0.6 is 0 Å². The molecule has 0 saturated carbocycles. The van der Waals surface area contributed by atoms with Gasteiger partial charge in [-0.3, -0.25) is 9.69 Å². The van der Waals surface area contributed by atoms with E-state index in [4.69, 9.17) is 4.74 Å². The van der Waals surface area contributed by atoms with Crippen molar-refractivity contribution in [2.45, 2.75) is 53.0 Å². The number of benzene rings is 1. The Morgan fingerprint density at radius 3 is 2.43 bits per heavy atom. The standard InChI is InChI=1S/C21H29N3O4/c1-5-8-13-24-14(4)18(20(26)28-7-3)19(23-21(24)27)15-9-11-16(12-10-15)22-17(25)6-2/h9-12,19H,5-8,13H2,1-4H3,(H,22,25)(H,23,27). The first kappa shape index (κ1) is 21.5. The van der Waals surface area contributed by atoms with E-state index < -0.39 is 12.0 Å². The van der Waals surface area contributed by atoms with Gasteiger partial charge in [0.2, 0.25) is 5.91 Å². The minimum Gasteiger partial charge on any atom is -0.463 e. The number of esters is 1. The molecular weight excluding hydrogens is 358 g/mol. The van der Waals surface area contributed by atoms with E-state index in [0.717, 1.165) is 18.4 Å². The van der Waals surface area contributed by atoms with E-state index in [2.05, 4.69) is 17.6 Å². The van der Waals surface area contributed by atoms with Gasteiger partial charge in [-0.15, -0.1) is 0 Å². The molecule has 7 heteroatoms. The summed E-state index contributed by atoms with van der Waals surface area (Å²) in [5, 5.41) is 5.71. The molecule has 2 rings (SSSR count). The van der Waals surface area contributed by atoms with E-state index in [1.54, 1.807) is 49.9 Å². The highest BCUT2D eigenvalue weighted by Gasteiger charge is 2.36. The van der Waals surface area contributed by atoms with Crippen molar-refractivity contribution in [3.8, 4) is 0 Å². The molecule has 1 unspecified atom stereocenters. The molecule has 0 spiro atoms. The highest BCUT2D eigenvalue weighted by molar-refractivity contribution is 5.95. The first-order chi connectivity index (χ1) is 13.4. The van der Waals surface area contributed by atoms with Crippen molar-refractivity contribution in [3.05, 3.63) is 41.1 Å². The summed E-state index contributed by atoms with van der Waals surface area (Å²) in [5.41, 5.74) is 2.47. The number of hydrogen-bond donors (Lipinski definition) is 2. The molecule has 1 aliphatic rings. The minimum atomic E-state index is -0.597. The number of ether oxygens (including phenoxy) is 1. The molecule has 0 radical (unpaired) electrons. The van der Waals surface area contributed by atoms with E-state index in [-0.39, 0.29) is 18.5 Å². The van der Waals surface area contributed by atoms with Gasteiger partial charge in [-0.25, -0.2) is 9.59 Å². The number of carbonyl (C=O) groups excluding carboxylic acids is 3. The molecule has 1 aliphatic heterocycles. The highest BCUT2D eigenvalue weighted by Crippen LogP contribution is 2.32. The molecular formula is C21H29N3O4. The van der Waals surface area contributed by atoms with E-state index >= 15 is 0 Å². The Kier molecular flexibility index (Phi) is 7.61. The second-order valence-electron chi connectivity index (χ2n) is 6.63. The second-order valence-corrected chi connectivity index (χ2v) is 6.63. The Morgan fingerprint density at radius 1 is 1.18 bits per heavy atom. The van der Waals surface area contributed by atoms with E-state index in [1.165, 1.54) is 0 Å². The summed E-state index contributed by atoms with van der Waals surface area (Å²) < 4.78 is 5.25. The van der Waals surface area contributed by atoms with Crippen LogP contribution < -0.4 is 10.6 Å². The topological polar surface area (TPSA) is 87.7 Å². The maximum atomic E-state index is 12.7. The summed E-state index contributed by atoms with van der Waals surface area (Å²) in [6, 6.07) is 6.29. The third-order valence-corrected chi connectivity index (χ3v) is 4.68. The SMILES string of the molecule is CCCCN1C(=O)NC(c2ccc(NC(=O)CC)cc2)C(C(=O)OCC)=C1C. The molecule has 152 valence electrons. The molecule has 7 nitrogen and oxygen atoms in total. The van der Waals surface area contributed by atoms with Gasteiger partial charge in [0, 0.05) is 24.4 Å². The number of urea groups is 1. The largest absolute Gasteiger partial charge is 0.463 e. The van der Waals surface area contributed by atoms with Gasteiger partial charge in [0.1, 0.15) is 0 Å². The summed E-state index contributed by atoms with van der Waals surface area (Å²) >= 11 is 0. The number of unbranched alkanes of at least 4 members (excludes halogenated alkanes) is 1. The van der Waals surface area contributed by atoms with Gasteiger partial charge < -0.3 is 15.4 Å². The van der Waals surface area contributed by atoms with Crippen molar-refractivity contribution in [2.75, 3.05) is 18.5 Å². The summed E-state index contributed by atoms with van der Waals surface area (Å²) in [4.78, 5) is 38.4. The first-order valence-electron chi connectivity index (χ1n) is 9.78. The molecule has 0 saturated heterocycles. The van der Waals surface area contributed by atoms with Gasteiger partial charge in [0.05, 0.1) is 18.2 Å². The van der Waals surface area contributed by atoms with Crippen LogP contribution in [-0.2, 0) is 14.3 Å². The highest BCUT2D eigenvalue weighted by atomic mass is 16.5. The average Bonchev–Trinajstić information content (AvgIpc) is 2.68. The van der Waals surface area contributed by atoms with Crippen LogP contribution in [0.5, 0.6) is 0 Å². The van der Waals surface area contributed by atoms with E-state index in [1.807, 2.05) is 0 Å². The molecule has 0 fully saturated rings. The number of anilines is 1. The van der Waals surface area contributed by atoms with Gasteiger partial charge in [0.25, 0.3) is 0 Å². The fraction of sp³-hybridized carbons (Fsp3) is 0.476. The lowest BCUT2D eigenvalue weighted by molar-refractivity contribution is -0.139. The van der Waals surface area contributed by atoms with Gasteiger partial charge in [-0.1, -0.05) is 32.4 Å². The monoisotopic (exact) mass is 387 g/mol. The lowest BCUT2D eigenvalue weighted by Crippen LogP contribution is -2.48. The van der Waals surface area contributed by atoms with Crippen molar-refractivity contribution in [1.82, 2.24) is 10.2 Å². The van der Waals surface area contributed by atoms with Crippen LogP contribution in [0.2, 0.25) is 0 Å². The lowest BCUT2D eigenvalue weighted by atomic mass is 9.94. The summed E-state index contributed by atoms with van der Waals surface area (Å²) in [5.74, 6) is -0.511. The quantitative estimate of drug-likeness (QED) is 0.665. The van der Waals surface area contributed by atoms with Crippen LogP contribution in [0.15, 0.2) is 35.5 Å². The number of nitrogens with zero attached hydrogens (tertiary/aromatic N) is 1. The Balaban J connectivity index is 2.37. The smallest absolute Gasteiger partial charge is 0.338 e. The molecule has 1 aromatic rings. The summed E-state index contributed by atoms with van der Waals surface area (Å²) in [7, 11) is 0. The Bertz CT molecular complexity index is 755. The zero-order valence-corrected chi connectivity index (χ0v) is 17.0. The van der Waals surface area contributed by atoms with Crippen molar-refractivity contribution >= 4 is 23.6 Å². The minimum absolute atomic E-state index is 0.0757. The number of allylic oxidation sites excluding steroid dienone is 1. The maximum Gasteiger partial charge on any atom is 0.338 e. The van der Waals surface area contributed by atoms with Crippen LogP contribution in [0, 0.1) is 0 Å².